The molecule has 0 amide bonds. The number of hydrogen-bond acceptors (Lipinski definition) is 5. The zero-order chi connectivity index (χ0) is 28.3. The zero-order valence-electron chi connectivity index (χ0n) is 22.8. The van der Waals surface area contributed by atoms with Crippen LogP contribution < -0.4 is 5.56 Å². The van der Waals surface area contributed by atoms with Crippen molar-refractivity contribution < 1.29 is 4.52 Å². The van der Waals surface area contributed by atoms with Gasteiger partial charge in [-0.1, -0.05) is 107 Å². The van der Waals surface area contributed by atoms with E-state index < -0.39 is 0 Å². The van der Waals surface area contributed by atoms with Crippen molar-refractivity contribution in [3.05, 3.63) is 149 Å². The highest BCUT2D eigenvalue weighted by molar-refractivity contribution is 5.78. The summed E-state index contributed by atoms with van der Waals surface area (Å²) in [6.07, 6.45) is 4.20. The van der Waals surface area contributed by atoms with Gasteiger partial charge < -0.3 is 4.52 Å². The molecule has 0 fully saturated rings. The molecule has 8 nitrogen and oxygen atoms in total. The molecule has 206 valence electrons. The van der Waals surface area contributed by atoms with Crippen LogP contribution in [0.3, 0.4) is 0 Å². The minimum absolute atomic E-state index is 0.0529. The Hall–Kier alpha value is -5.50. The smallest absolute Gasteiger partial charge is 0.274 e. The molecule has 0 bridgehead atoms. The fourth-order valence-electron chi connectivity index (χ4n) is 5.54. The number of benzene rings is 4. The summed E-state index contributed by atoms with van der Waals surface area (Å²) < 4.78 is 11.1. The second-order valence-electron chi connectivity index (χ2n) is 10.3. The normalized spacial score (nSPS) is 12.1. The first-order valence-electron chi connectivity index (χ1n) is 13.9. The molecule has 7 aromatic rings. The van der Waals surface area contributed by atoms with Crippen LogP contribution in [0.5, 0.6) is 0 Å². The van der Waals surface area contributed by atoms with Crippen LogP contribution in [0.15, 0.2) is 137 Å². The summed E-state index contributed by atoms with van der Waals surface area (Å²) in [5, 5.41) is 13.5. The standard InChI is InChI=1S/C34H28N6O2/c41-34-31-13-7-8-14-33(31)39(23-30-19-20-35-42-30)40(34)29(21-25-9-3-1-4-10-25)22-38-24-32(36-37-38)28-17-15-27(16-18-28)26-11-5-2-6-12-26/h1-20,24,29H,21-23H2/t29-/m0/s1. The van der Waals surface area contributed by atoms with Gasteiger partial charge in [0.2, 0.25) is 0 Å². The second-order valence-corrected chi connectivity index (χ2v) is 10.3. The monoisotopic (exact) mass is 552 g/mol. The Balaban J connectivity index is 1.25. The minimum Gasteiger partial charge on any atom is -0.359 e. The molecule has 1 atom stereocenters. The molecule has 0 N–H and O–H groups in total. The lowest BCUT2D eigenvalue weighted by atomic mass is 10.0. The van der Waals surface area contributed by atoms with E-state index in [-0.39, 0.29) is 11.6 Å². The van der Waals surface area contributed by atoms with Gasteiger partial charge >= 0.3 is 0 Å². The van der Waals surface area contributed by atoms with E-state index in [9.17, 15) is 4.79 Å². The van der Waals surface area contributed by atoms with Crippen LogP contribution in [-0.2, 0) is 19.5 Å². The van der Waals surface area contributed by atoms with Crippen molar-refractivity contribution in [1.82, 2.24) is 29.5 Å². The minimum atomic E-state index is -0.245. The lowest BCUT2D eigenvalue weighted by Crippen LogP contribution is -2.32. The van der Waals surface area contributed by atoms with Gasteiger partial charge in [0.15, 0.2) is 5.76 Å². The molecule has 0 aliphatic carbocycles. The van der Waals surface area contributed by atoms with E-state index in [0.29, 0.717) is 30.7 Å². The van der Waals surface area contributed by atoms with Crippen LogP contribution in [0.2, 0.25) is 0 Å². The van der Waals surface area contributed by atoms with Crippen LogP contribution in [-0.4, -0.2) is 29.5 Å². The maximum atomic E-state index is 13.9. The Kier molecular flexibility index (Phi) is 6.77. The quantitative estimate of drug-likeness (QED) is 0.211. The van der Waals surface area contributed by atoms with Crippen molar-refractivity contribution in [2.45, 2.75) is 25.6 Å². The maximum absolute atomic E-state index is 13.9. The molecule has 42 heavy (non-hydrogen) atoms. The van der Waals surface area contributed by atoms with Crippen LogP contribution >= 0.6 is 0 Å². The third-order valence-electron chi connectivity index (χ3n) is 7.56. The van der Waals surface area contributed by atoms with Crippen molar-refractivity contribution in [3.8, 4) is 22.4 Å². The molecular weight excluding hydrogens is 524 g/mol. The molecule has 4 aromatic carbocycles. The third-order valence-corrected chi connectivity index (χ3v) is 7.56. The summed E-state index contributed by atoms with van der Waals surface area (Å²) in [5.41, 5.74) is 6.00. The van der Waals surface area contributed by atoms with Crippen LogP contribution in [0.1, 0.15) is 17.4 Å². The molecule has 0 unspecified atom stereocenters. The second kappa shape index (κ2) is 11.2. The van der Waals surface area contributed by atoms with Crippen molar-refractivity contribution >= 4 is 10.9 Å². The first-order valence-corrected chi connectivity index (χ1v) is 13.9. The molecular formula is C34H28N6O2. The summed E-state index contributed by atoms with van der Waals surface area (Å²) >= 11 is 0. The SMILES string of the molecule is O=c1c2ccccc2n(Cc2ccno2)n1[C@@H](Cc1ccccc1)Cn1cc(-c2ccc(-c3ccccc3)cc2)nn1. The number of nitrogens with zero attached hydrogens (tertiary/aromatic N) is 6. The lowest BCUT2D eigenvalue weighted by molar-refractivity contribution is 0.304. The Labute approximate surface area is 242 Å². The van der Waals surface area contributed by atoms with E-state index in [1.165, 1.54) is 5.56 Å². The molecule has 7 rings (SSSR count). The van der Waals surface area contributed by atoms with Crippen molar-refractivity contribution in [2.24, 2.45) is 0 Å². The highest BCUT2D eigenvalue weighted by atomic mass is 16.5. The fraction of sp³-hybridized carbons (Fsp3) is 0.118. The molecule has 0 saturated heterocycles. The predicted molar refractivity (Wildman–Crippen MR) is 162 cm³/mol. The molecule has 0 radical (unpaired) electrons. The van der Waals surface area contributed by atoms with Gasteiger partial charge in [0, 0.05) is 11.6 Å². The van der Waals surface area contributed by atoms with Crippen molar-refractivity contribution in [1.29, 1.82) is 0 Å². The summed E-state index contributed by atoms with van der Waals surface area (Å²) in [6.45, 7) is 0.834. The third kappa shape index (κ3) is 5.06. The van der Waals surface area contributed by atoms with Gasteiger partial charge in [0.1, 0.15) is 12.2 Å². The zero-order valence-corrected chi connectivity index (χ0v) is 22.8. The fourth-order valence-corrected chi connectivity index (χ4v) is 5.54. The largest absolute Gasteiger partial charge is 0.359 e. The van der Waals surface area contributed by atoms with Crippen LogP contribution in [0.25, 0.3) is 33.3 Å². The topological polar surface area (TPSA) is 83.7 Å². The lowest BCUT2D eigenvalue weighted by Gasteiger charge is -2.22. The van der Waals surface area contributed by atoms with Crippen LogP contribution in [0.4, 0.5) is 0 Å². The Morgan fingerprint density at radius 2 is 1.43 bits per heavy atom. The predicted octanol–water partition coefficient (Wildman–Crippen LogP) is 6.25. The number of rotatable bonds is 9. The van der Waals surface area contributed by atoms with Gasteiger partial charge in [-0.15, -0.1) is 5.10 Å². The molecule has 0 spiro atoms. The summed E-state index contributed by atoms with van der Waals surface area (Å²) in [5.74, 6) is 0.671. The van der Waals surface area contributed by atoms with E-state index in [4.69, 9.17) is 4.52 Å². The number of aromatic nitrogens is 6. The Morgan fingerprint density at radius 1 is 0.738 bits per heavy atom. The maximum Gasteiger partial charge on any atom is 0.274 e. The van der Waals surface area contributed by atoms with Crippen molar-refractivity contribution in [2.75, 3.05) is 0 Å². The molecule has 0 aliphatic rings. The number of fused-ring (bicyclic) bond motifs is 1. The first-order chi connectivity index (χ1) is 20.7. The van der Waals surface area contributed by atoms with Gasteiger partial charge in [0.05, 0.1) is 35.9 Å². The van der Waals surface area contributed by atoms with Gasteiger partial charge in [-0.3, -0.25) is 9.48 Å². The summed E-state index contributed by atoms with van der Waals surface area (Å²) in [7, 11) is 0. The van der Waals surface area contributed by atoms with E-state index in [1.54, 1.807) is 6.20 Å². The van der Waals surface area contributed by atoms with E-state index in [2.05, 4.69) is 64.0 Å². The van der Waals surface area contributed by atoms with E-state index >= 15 is 0 Å². The Morgan fingerprint density at radius 3 is 2.19 bits per heavy atom. The number of para-hydroxylation sites is 1. The molecule has 3 aromatic heterocycles. The van der Waals surface area contributed by atoms with Gasteiger partial charge in [-0.05, 0) is 35.2 Å². The molecule has 0 aliphatic heterocycles. The first kappa shape index (κ1) is 25.5. The van der Waals surface area contributed by atoms with Gasteiger partial charge in [-0.2, -0.15) is 0 Å². The highest BCUT2D eigenvalue weighted by Crippen LogP contribution is 2.25. The molecule has 0 saturated carbocycles. The number of hydrogen-bond donors (Lipinski definition) is 0. The van der Waals surface area contributed by atoms with Crippen molar-refractivity contribution in [3.63, 3.8) is 0 Å². The van der Waals surface area contributed by atoms with Gasteiger partial charge in [0.25, 0.3) is 5.56 Å². The highest BCUT2D eigenvalue weighted by Gasteiger charge is 2.23. The average Bonchev–Trinajstić information content (AvgIpc) is 3.79. The molecule has 8 heteroatoms. The van der Waals surface area contributed by atoms with E-state index in [0.717, 1.165) is 27.9 Å². The average molecular weight is 553 g/mol. The Bertz CT molecular complexity index is 1970. The summed E-state index contributed by atoms with van der Waals surface area (Å²) in [6, 6.07) is 38.1. The summed E-state index contributed by atoms with van der Waals surface area (Å²) in [4.78, 5) is 13.9. The molecule has 3 heterocycles. The van der Waals surface area contributed by atoms with Crippen LogP contribution in [0, 0.1) is 0 Å². The van der Waals surface area contributed by atoms with E-state index in [1.807, 2.05) is 87.0 Å². The van der Waals surface area contributed by atoms with Gasteiger partial charge in [-0.25, -0.2) is 9.36 Å².